The van der Waals surface area contributed by atoms with E-state index in [9.17, 15) is 19.2 Å². The predicted octanol–water partition coefficient (Wildman–Crippen LogP) is 5.09. The first kappa shape index (κ1) is 28.9. The van der Waals surface area contributed by atoms with Gasteiger partial charge in [0, 0.05) is 23.8 Å². The largest absolute Gasteiger partial charge is 0.444 e. The van der Waals surface area contributed by atoms with Crippen molar-refractivity contribution < 1.29 is 28.7 Å². The van der Waals surface area contributed by atoms with Crippen LogP contribution in [0.5, 0.6) is 0 Å². The number of amides is 2. The van der Waals surface area contributed by atoms with Crippen molar-refractivity contribution in [2.24, 2.45) is 17.8 Å². The Bertz CT molecular complexity index is 757. The second-order valence-electron chi connectivity index (χ2n) is 11.4. The van der Waals surface area contributed by atoms with E-state index in [1.54, 1.807) is 20.8 Å². The molecule has 0 aromatic rings. The van der Waals surface area contributed by atoms with Crippen molar-refractivity contribution >= 4 is 24.8 Å². The van der Waals surface area contributed by atoms with Gasteiger partial charge in [0.1, 0.15) is 23.8 Å². The van der Waals surface area contributed by atoms with Gasteiger partial charge in [0.05, 0.1) is 6.04 Å². The normalized spacial score (nSPS) is 29.2. The SMILES string of the molecule is CC(C)(C)OC(=O)N[C@@H]1/C=C\C(C(C)(C)OC(=O)N[C@@H]2CCCCCC[C@@H]2C=O)CCC[C@@H]1C=O. The number of nitrogens with one attached hydrogen (secondary N) is 2. The fraction of sp³-hybridized carbons (Fsp3) is 0.778. The van der Waals surface area contributed by atoms with Crippen LogP contribution < -0.4 is 10.6 Å². The first-order valence-corrected chi connectivity index (χ1v) is 13.0. The van der Waals surface area contributed by atoms with Crippen molar-refractivity contribution in [1.82, 2.24) is 10.6 Å². The summed E-state index contributed by atoms with van der Waals surface area (Å²) in [5.41, 5.74) is -1.46. The van der Waals surface area contributed by atoms with E-state index in [0.29, 0.717) is 6.42 Å². The van der Waals surface area contributed by atoms with E-state index in [1.807, 2.05) is 26.0 Å². The molecule has 8 heteroatoms. The first-order chi connectivity index (χ1) is 16.4. The lowest BCUT2D eigenvalue weighted by Crippen LogP contribution is -2.47. The smallest absolute Gasteiger partial charge is 0.408 e. The Kier molecular flexibility index (Phi) is 10.8. The van der Waals surface area contributed by atoms with E-state index >= 15 is 0 Å². The zero-order valence-corrected chi connectivity index (χ0v) is 22.0. The van der Waals surface area contributed by atoms with Crippen LogP contribution in [0.25, 0.3) is 0 Å². The molecule has 0 aromatic carbocycles. The maximum absolute atomic E-state index is 12.8. The van der Waals surface area contributed by atoms with Crippen LogP contribution in [-0.2, 0) is 19.1 Å². The number of aldehydes is 2. The van der Waals surface area contributed by atoms with Crippen molar-refractivity contribution in [3.63, 3.8) is 0 Å². The van der Waals surface area contributed by atoms with Crippen molar-refractivity contribution in [3.8, 4) is 0 Å². The molecule has 0 bridgehead atoms. The number of ether oxygens (including phenoxy) is 2. The zero-order chi connectivity index (χ0) is 26.1. The second kappa shape index (κ2) is 13.1. The Morgan fingerprint density at radius 1 is 0.743 bits per heavy atom. The van der Waals surface area contributed by atoms with Crippen molar-refractivity contribution in [3.05, 3.63) is 12.2 Å². The van der Waals surface area contributed by atoms with E-state index in [2.05, 4.69) is 10.6 Å². The van der Waals surface area contributed by atoms with E-state index < -0.39 is 29.4 Å². The molecule has 1 fully saturated rings. The van der Waals surface area contributed by atoms with Gasteiger partial charge in [-0.25, -0.2) is 9.59 Å². The maximum Gasteiger partial charge on any atom is 0.408 e. The summed E-state index contributed by atoms with van der Waals surface area (Å²) >= 11 is 0. The minimum atomic E-state index is -0.816. The topological polar surface area (TPSA) is 111 Å². The molecular formula is C27H44N2O6. The van der Waals surface area contributed by atoms with Crippen LogP contribution in [0.15, 0.2) is 12.2 Å². The maximum atomic E-state index is 12.8. The molecule has 8 nitrogen and oxygen atoms in total. The first-order valence-electron chi connectivity index (χ1n) is 13.0. The van der Waals surface area contributed by atoms with Crippen LogP contribution in [0.4, 0.5) is 9.59 Å². The summed E-state index contributed by atoms with van der Waals surface area (Å²) in [5.74, 6) is -0.651. The number of hydrogen-bond acceptors (Lipinski definition) is 6. The summed E-state index contributed by atoms with van der Waals surface area (Å²) in [4.78, 5) is 48.4. The predicted molar refractivity (Wildman–Crippen MR) is 134 cm³/mol. The third kappa shape index (κ3) is 9.65. The van der Waals surface area contributed by atoms with Gasteiger partial charge in [-0.3, -0.25) is 0 Å². The fourth-order valence-electron chi connectivity index (χ4n) is 4.93. The molecule has 35 heavy (non-hydrogen) atoms. The van der Waals surface area contributed by atoms with Crippen LogP contribution in [0.2, 0.25) is 0 Å². The number of hydrogen-bond donors (Lipinski definition) is 2. The van der Waals surface area contributed by atoms with Gasteiger partial charge in [0.25, 0.3) is 0 Å². The summed E-state index contributed by atoms with van der Waals surface area (Å²) in [6.07, 6.45) is 12.3. The Morgan fingerprint density at radius 2 is 1.34 bits per heavy atom. The van der Waals surface area contributed by atoms with Crippen LogP contribution in [0.1, 0.15) is 92.4 Å². The molecule has 2 aliphatic carbocycles. The van der Waals surface area contributed by atoms with Gasteiger partial charge >= 0.3 is 12.2 Å². The molecule has 1 saturated carbocycles. The average molecular weight is 493 g/mol. The molecule has 0 saturated heterocycles. The Hall–Kier alpha value is -2.38. The molecule has 2 amide bonds. The molecule has 0 spiro atoms. The minimum absolute atomic E-state index is 0.108. The Labute approximate surface area is 209 Å². The molecule has 0 aliphatic heterocycles. The van der Waals surface area contributed by atoms with E-state index in [0.717, 1.165) is 63.9 Å². The van der Waals surface area contributed by atoms with Gasteiger partial charge in [0.15, 0.2) is 0 Å². The standard InChI is InChI=1S/C27H44N2O6/c1-26(2,3)34-24(32)29-23-16-15-21(13-10-12-20(23)18-31)27(4,5)35-25(33)28-22-14-9-7-6-8-11-19(22)17-30/h15-23H,6-14H2,1-5H3,(H,28,33)(H,29,32)/b16-15-/t19-,20-,21?,22-,23-/m1/s1. The van der Waals surface area contributed by atoms with Gasteiger partial charge in [-0.1, -0.05) is 44.3 Å². The van der Waals surface area contributed by atoms with Crippen LogP contribution in [-0.4, -0.2) is 48.0 Å². The molecule has 198 valence electrons. The third-order valence-corrected chi connectivity index (χ3v) is 6.97. The van der Waals surface area contributed by atoms with Gasteiger partial charge in [-0.05, 0) is 60.3 Å². The van der Waals surface area contributed by atoms with Gasteiger partial charge in [-0.15, -0.1) is 0 Å². The molecule has 1 unspecified atom stereocenters. The summed E-state index contributed by atoms with van der Waals surface area (Å²) in [6, 6.07) is -0.710. The highest BCUT2D eigenvalue weighted by molar-refractivity contribution is 5.70. The molecule has 2 N–H and O–H groups in total. The number of carbonyl (C=O) groups excluding carboxylic acids is 4. The van der Waals surface area contributed by atoms with E-state index in [-0.39, 0.29) is 23.8 Å². The zero-order valence-electron chi connectivity index (χ0n) is 22.0. The van der Waals surface area contributed by atoms with Crippen LogP contribution in [0.3, 0.4) is 0 Å². The molecule has 5 atom stereocenters. The third-order valence-electron chi connectivity index (χ3n) is 6.97. The monoisotopic (exact) mass is 492 g/mol. The summed E-state index contributed by atoms with van der Waals surface area (Å²) < 4.78 is 11.2. The van der Waals surface area contributed by atoms with Gasteiger partial charge in [0.2, 0.25) is 0 Å². The molecule has 0 heterocycles. The highest BCUT2D eigenvalue weighted by Crippen LogP contribution is 2.31. The van der Waals surface area contributed by atoms with Gasteiger partial charge in [-0.2, -0.15) is 0 Å². The molecular weight excluding hydrogens is 448 g/mol. The molecule has 2 aliphatic rings. The van der Waals surface area contributed by atoms with Crippen molar-refractivity contribution in [1.29, 1.82) is 0 Å². The average Bonchev–Trinajstić information content (AvgIpc) is 2.71. The molecule has 0 radical (unpaired) electrons. The highest BCUT2D eigenvalue weighted by atomic mass is 16.6. The number of carbonyl (C=O) groups is 4. The summed E-state index contributed by atoms with van der Waals surface area (Å²) in [6.45, 7) is 9.09. The van der Waals surface area contributed by atoms with Crippen molar-refractivity contribution in [2.45, 2.75) is 116 Å². The summed E-state index contributed by atoms with van der Waals surface area (Å²) in [5, 5.41) is 5.75. The van der Waals surface area contributed by atoms with Crippen molar-refractivity contribution in [2.75, 3.05) is 0 Å². The Balaban J connectivity index is 2.06. The number of alkyl carbamates (subject to hydrolysis) is 2. The minimum Gasteiger partial charge on any atom is -0.444 e. The van der Waals surface area contributed by atoms with Gasteiger partial charge < -0.3 is 29.7 Å². The van der Waals surface area contributed by atoms with Crippen LogP contribution in [0, 0.1) is 17.8 Å². The lowest BCUT2D eigenvalue weighted by molar-refractivity contribution is -0.112. The summed E-state index contributed by atoms with van der Waals surface area (Å²) in [7, 11) is 0. The van der Waals surface area contributed by atoms with Crippen LogP contribution >= 0.6 is 0 Å². The second-order valence-corrected chi connectivity index (χ2v) is 11.4. The quantitative estimate of drug-likeness (QED) is 0.394. The highest BCUT2D eigenvalue weighted by Gasteiger charge is 2.35. The molecule has 0 aromatic heterocycles. The lowest BCUT2D eigenvalue weighted by atomic mass is 9.81. The Morgan fingerprint density at radius 3 is 1.97 bits per heavy atom. The molecule has 2 rings (SSSR count). The lowest BCUT2D eigenvalue weighted by Gasteiger charge is -2.35. The fourth-order valence-corrected chi connectivity index (χ4v) is 4.93. The van der Waals surface area contributed by atoms with E-state index in [4.69, 9.17) is 9.47 Å². The number of rotatable bonds is 6. The van der Waals surface area contributed by atoms with E-state index in [1.165, 1.54) is 0 Å².